The van der Waals surface area contributed by atoms with Crippen molar-refractivity contribution in [3.63, 3.8) is 0 Å². The van der Waals surface area contributed by atoms with Crippen LogP contribution in [0, 0.1) is 0 Å². The van der Waals surface area contributed by atoms with Crippen molar-refractivity contribution >= 4 is 44.4 Å². The summed E-state index contributed by atoms with van der Waals surface area (Å²) in [6, 6.07) is 13.5. The number of H-pyrrole nitrogens is 1. The number of aromatic amines is 1. The van der Waals surface area contributed by atoms with Crippen molar-refractivity contribution in [1.82, 2.24) is 4.98 Å². The molecule has 2 aromatic carbocycles. The zero-order valence-corrected chi connectivity index (χ0v) is 13.9. The fourth-order valence-corrected chi connectivity index (χ4v) is 3.06. The lowest BCUT2D eigenvalue weighted by molar-refractivity contribution is -0.136. The standard InChI is InChI=1S/C17H13BrClNO2/c18-11-3-7-15-14(9-11)13(6-8-16(21)22)17(20-15)10-1-4-12(19)5-2-10/h1-5,7,9,20H,6,8H2,(H,21,22). The molecule has 112 valence electrons. The van der Waals surface area contributed by atoms with E-state index in [2.05, 4.69) is 20.9 Å². The summed E-state index contributed by atoms with van der Waals surface area (Å²) in [5.74, 6) is -0.800. The van der Waals surface area contributed by atoms with Gasteiger partial charge in [0.15, 0.2) is 0 Å². The summed E-state index contributed by atoms with van der Waals surface area (Å²) in [6.07, 6.45) is 0.573. The van der Waals surface area contributed by atoms with Crippen LogP contribution in [0.1, 0.15) is 12.0 Å². The minimum atomic E-state index is -0.800. The molecule has 0 fully saturated rings. The summed E-state index contributed by atoms with van der Waals surface area (Å²) in [5.41, 5.74) is 3.96. The molecule has 0 amide bonds. The number of aromatic nitrogens is 1. The Balaban J connectivity index is 2.16. The van der Waals surface area contributed by atoms with Gasteiger partial charge >= 0.3 is 5.97 Å². The summed E-state index contributed by atoms with van der Waals surface area (Å²) in [6.45, 7) is 0. The van der Waals surface area contributed by atoms with Gasteiger partial charge in [0.05, 0.1) is 0 Å². The van der Waals surface area contributed by atoms with Crippen LogP contribution in [-0.4, -0.2) is 16.1 Å². The van der Waals surface area contributed by atoms with Crippen molar-refractivity contribution in [2.45, 2.75) is 12.8 Å². The van der Waals surface area contributed by atoms with Crippen LogP contribution in [-0.2, 0) is 11.2 Å². The number of halogens is 2. The Hall–Kier alpha value is -1.78. The van der Waals surface area contributed by atoms with Gasteiger partial charge in [0.2, 0.25) is 0 Å². The van der Waals surface area contributed by atoms with Crippen molar-refractivity contribution in [2.24, 2.45) is 0 Å². The van der Waals surface area contributed by atoms with E-state index in [9.17, 15) is 4.79 Å². The maximum absolute atomic E-state index is 11.0. The molecule has 0 aliphatic heterocycles. The molecule has 3 nitrogen and oxygen atoms in total. The molecule has 5 heteroatoms. The van der Waals surface area contributed by atoms with E-state index < -0.39 is 5.97 Å². The van der Waals surface area contributed by atoms with Crippen molar-refractivity contribution in [2.75, 3.05) is 0 Å². The number of rotatable bonds is 4. The number of hydrogen-bond acceptors (Lipinski definition) is 1. The van der Waals surface area contributed by atoms with Crippen LogP contribution < -0.4 is 0 Å². The number of carboxylic acids is 1. The monoisotopic (exact) mass is 377 g/mol. The molecule has 3 rings (SSSR count). The second-order valence-electron chi connectivity index (χ2n) is 5.07. The third-order valence-corrected chi connectivity index (χ3v) is 4.34. The molecule has 0 aliphatic rings. The Labute approximate surface area is 141 Å². The summed E-state index contributed by atoms with van der Waals surface area (Å²) in [7, 11) is 0. The van der Waals surface area contributed by atoms with E-state index in [-0.39, 0.29) is 6.42 Å². The first-order chi connectivity index (χ1) is 10.5. The topological polar surface area (TPSA) is 53.1 Å². The number of nitrogens with one attached hydrogen (secondary N) is 1. The van der Waals surface area contributed by atoms with E-state index in [0.29, 0.717) is 11.4 Å². The molecular formula is C17H13BrClNO2. The molecule has 1 heterocycles. The molecule has 0 radical (unpaired) electrons. The van der Waals surface area contributed by atoms with E-state index in [4.69, 9.17) is 16.7 Å². The van der Waals surface area contributed by atoms with Gasteiger partial charge in [-0.3, -0.25) is 4.79 Å². The van der Waals surface area contributed by atoms with Crippen molar-refractivity contribution < 1.29 is 9.90 Å². The van der Waals surface area contributed by atoms with E-state index in [1.54, 1.807) is 0 Å². The van der Waals surface area contributed by atoms with Crippen LogP contribution in [0.25, 0.3) is 22.2 Å². The minimum absolute atomic E-state index is 0.0973. The molecule has 0 unspecified atom stereocenters. The van der Waals surface area contributed by atoms with Crippen LogP contribution in [0.5, 0.6) is 0 Å². The van der Waals surface area contributed by atoms with Gasteiger partial charge < -0.3 is 10.1 Å². The van der Waals surface area contributed by atoms with Gasteiger partial charge in [0.25, 0.3) is 0 Å². The second kappa shape index (κ2) is 6.15. The van der Waals surface area contributed by atoms with Crippen molar-refractivity contribution in [1.29, 1.82) is 0 Å². The maximum atomic E-state index is 11.0. The fraction of sp³-hybridized carbons (Fsp3) is 0.118. The average molecular weight is 379 g/mol. The lowest BCUT2D eigenvalue weighted by Gasteiger charge is -2.04. The lowest BCUT2D eigenvalue weighted by Crippen LogP contribution is -1.98. The molecule has 3 aromatic rings. The number of benzene rings is 2. The molecule has 0 spiro atoms. The summed E-state index contributed by atoms with van der Waals surface area (Å²) in [5, 5.41) is 10.7. The number of carbonyl (C=O) groups is 1. The smallest absolute Gasteiger partial charge is 0.303 e. The Morgan fingerprint density at radius 1 is 1.18 bits per heavy atom. The van der Waals surface area contributed by atoms with E-state index in [0.717, 1.165) is 32.2 Å². The number of hydrogen-bond donors (Lipinski definition) is 2. The zero-order valence-electron chi connectivity index (χ0n) is 11.6. The SMILES string of the molecule is O=C(O)CCc1c(-c2ccc(Cl)cc2)[nH]c2ccc(Br)cc12. The summed E-state index contributed by atoms with van der Waals surface area (Å²) >= 11 is 9.42. The van der Waals surface area contributed by atoms with Gasteiger partial charge in [-0.25, -0.2) is 0 Å². The fourth-order valence-electron chi connectivity index (χ4n) is 2.57. The molecular weight excluding hydrogens is 366 g/mol. The predicted molar refractivity (Wildman–Crippen MR) is 92.4 cm³/mol. The van der Waals surface area contributed by atoms with Crippen LogP contribution in [0.4, 0.5) is 0 Å². The quantitative estimate of drug-likeness (QED) is 0.650. The second-order valence-corrected chi connectivity index (χ2v) is 6.42. The number of aliphatic carboxylic acids is 1. The molecule has 0 aliphatic carbocycles. The molecule has 0 saturated carbocycles. The van der Waals surface area contributed by atoms with Gasteiger partial charge in [0.1, 0.15) is 0 Å². The lowest BCUT2D eigenvalue weighted by atomic mass is 10.0. The zero-order chi connectivity index (χ0) is 15.7. The van der Waals surface area contributed by atoms with E-state index in [1.165, 1.54) is 0 Å². The van der Waals surface area contributed by atoms with Crippen LogP contribution in [0.15, 0.2) is 46.9 Å². The highest BCUT2D eigenvalue weighted by atomic mass is 79.9. The van der Waals surface area contributed by atoms with E-state index in [1.807, 2.05) is 42.5 Å². The maximum Gasteiger partial charge on any atom is 0.303 e. The summed E-state index contributed by atoms with van der Waals surface area (Å²) in [4.78, 5) is 14.3. The Bertz CT molecular complexity index is 840. The Morgan fingerprint density at radius 3 is 2.59 bits per heavy atom. The number of aryl methyl sites for hydroxylation is 1. The number of fused-ring (bicyclic) bond motifs is 1. The highest BCUT2D eigenvalue weighted by Crippen LogP contribution is 2.33. The van der Waals surface area contributed by atoms with Crippen molar-refractivity contribution in [3.05, 3.63) is 57.5 Å². The third-order valence-electron chi connectivity index (χ3n) is 3.59. The Morgan fingerprint density at radius 2 is 1.91 bits per heavy atom. The van der Waals surface area contributed by atoms with Gasteiger partial charge in [-0.2, -0.15) is 0 Å². The van der Waals surface area contributed by atoms with E-state index >= 15 is 0 Å². The molecule has 1 aromatic heterocycles. The molecule has 2 N–H and O–H groups in total. The van der Waals surface area contributed by atoms with Crippen LogP contribution in [0.2, 0.25) is 5.02 Å². The first-order valence-electron chi connectivity index (χ1n) is 6.82. The Kier molecular flexibility index (Phi) is 4.23. The molecule has 0 saturated heterocycles. The molecule has 22 heavy (non-hydrogen) atoms. The first kappa shape index (κ1) is 15.1. The largest absolute Gasteiger partial charge is 0.481 e. The van der Waals surface area contributed by atoms with Gasteiger partial charge in [-0.1, -0.05) is 39.7 Å². The van der Waals surface area contributed by atoms with Gasteiger partial charge in [-0.15, -0.1) is 0 Å². The number of carboxylic acid groups (broad SMARTS) is 1. The van der Waals surface area contributed by atoms with Crippen LogP contribution in [0.3, 0.4) is 0 Å². The predicted octanol–water partition coefficient (Wildman–Crippen LogP) is 5.27. The average Bonchev–Trinajstić information content (AvgIpc) is 2.83. The van der Waals surface area contributed by atoms with Gasteiger partial charge in [-0.05, 0) is 47.9 Å². The van der Waals surface area contributed by atoms with Gasteiger partial charge in [0, 0.05) is 32.5 Å². The summed E-state index contributed by atoms with van der Waals surface area (Å²) < 4.78 is 0.971. The normalized spacial score (nSPS) is 11.0. The highest BCUT2D eigenvalue weighted by Gasteiger charge is 2.14. The van der Waals surface area contributed by atoms with Crippen molar-refractivity contribution in [3.8, 4) is 11.3 Å². The van der Waals surface area contributed by atoms with Crippen LogP contribution >= 0.6 is 27.5 Å². The first-order valence-corrected chi connectivity index (χ1v) is 7.99. The minimum Gasteiger partial charge on any atom is -0.481 e. The molecule has 0 atom stereocenters. The molecule has 0 bridgehead atoms. The third kappa shape index (κ3) is 3.03. The highest BCUT2D eigenvalue weighted by molar-refractivity contribution is 9.10.